The van der Waals surface area contributed by atoms with E-state index in [2.05, 4.69) is 0 Å². The van der Waals surface area contributed by atoms with Crippen molar-refractivity contribution in [2.24, 2.45) is 0 Å². The number of rotatable bonds is 3. The highest BCUT2D eigenvalue weighted by Gasteiger charge is 2.20. The minimum absolute atomic E-state index is 0.0374. The summed E-state index contributed by atoms with van der Waals surface area (Å²) in [6, 6.07) is 2.63. The quantitative estimate of drug-likeness (QED) is 0.624. The number of hydrogen-bond donors (Lipinski definition) is 0. The first-order chi connectivity index (χ1) is 7.08. The van der Waals surface area contributed by atoms with Crippen molar-refractivity contribution in [3.8, 4) is 5.75 Å². The third-order valence-corrected chi connectivity index (χ3v) is 3.20. The van der Waals surface area contributed by atoms with E-state index in [0.29, 0.717) is 6.07 Å². The molecule has 0 saturated carbocycles. The molecule has 1 aromatic rings. The smallest absolute Gasteiger partial charge is 0.332 e. The summed E-state index contributed by atoms with van der Waals surface area (Å²) in [6.07, 6.45) is 0. The van der Waals surface area contributed by atoms with Crippen molar-refractivity contribution in [3.63, 3.8) is 0 Å². The molecule has 0 spiro atoms. The SMILES string of the molecule is C[Si](C)(C)Oc1cc(F)cc(S(=O)(=O)F)c1. The summed E-state index contributed by atoms with van der Waals surface area (Å²) in [4.78, 5) is -0.722. The van der Waals surface area contributed by atoms with Gasteiger partial charge in [-0.05, 0) is 25.7 Å². The van der Waals surface area contributed by atoms with Gasteiger partial charge in [-0.2, -0.15) is 8.42 Å². The average molecular weight is 266 g/mol. The maximum Gasteiger partial charge on any atom is 0.332 e. The zero-order valence-corrected chi connectivity index (χ0v) is 10.9. The van der Waals surface area contributed by atoms with Gasteiger partial charge >= 0.3 is 10.2 Å². The molecule has 0 atom stereocenters. The molecule has 0 radical (unpaired) electrons. The van der Waals surface area contributed by atoms with E-state index in [1.165, 1.54) is 0 Å². The van der Waals surface area contributed by atoms with Gasteiger partial charge in [-0.1, -0.05) is 0 Å². The summed E-state index contributed by atoms with van der Waals surface area (Å²) in [5.41, 5.74) is 0. The van der Waals surface area contributed by atoms with Crippen molar-refractivity contribution in [2.45, 2.75) is 24.5 Å². The van der Waals surface area contributed by atoms with Gasteiger partial charge in [0.15, 0.2) is 0 Å². The zero-order chi connectivity index (χ0) is 12.6. The minimum atomic E-state index is -4.91. The van der Waals surface area contributed by atoms with E-state index in [1.807, 2.05) is 19.6 Å². The molecule has 0 amide bonds. The van der Waals surface area contributed by atoms with Crippen LogP contribution >= 0.6 is 0 Å². The molecule has 0 aliphatic carbocycles. The lowest BCUT2D eigenvalue weighted by Crippen LogP contribution is -2.29. The van der Waals surface area contributed by atoms with Crippen LogP contribution in [0.25, 0.3) is 0 Å². The minimum Gasteiger partial charge on any atom is -0.544 e. The normalized spacial score (nSPS) is 12.6. The predicted molar refractivity (Wildman–Crippen MR) is 58.7 cm³/mol. The molecule has 0 unspecified atom stereocenters. The first-order valence-corrected chi connectivity index (χ1v) is 9.31. The highest BCUT2D eigenvalue weighted by molar-refractivity contribution is 7.86. The molecule has 0 bridgehead atoms. The molecule has 0 N–H and O–H groups in total. The van der Waals surface area contributed by atoms with Crippen LogP contribution in [-0.2, 0) is 10.2 Å². The number of benzene rings is 1. The molecule has 0 heterocycles. The molecule has 0 saturated heterocycles. The summed E-state index contributed by atoms with van der Waals surface area (Å²) in [5, 5.41) is 0. The highest BCUT2D eigenvalue weighted by atomic mass is 32.3. The van der Waals surface area contributed by atoms with E-state index < -0.39 is 29.3 Å². The molecule has 7 heteroatoms. The van der Waals surface area contributed by atoms with Crippen molar-refractivity contribution in [1.82, 2.24) is 0 Å². The third kappa shape index (κ3) is 3.90. The second kappa shape index (κ2) is 4.14. The Labute approximate surface area is 94.4 Å². The van der Waals surface area contributed by atoms with Crippen molar-refractivity contribution < 1.29 is 21.1 Å². The third-order valence-electron chi connectivity index (χ3n) is 1.55. The van der Waals surface area contributed by atoms with Crippen molar-refractivity contribution in [3.05, 3.63) is 24.0 Å². The molecule has 1 aromatic carbocycles. The maximum atomic E-state index is 13.0. The van der Waals surface area contributed by atoms with Crippen LogP contribution in [0.3, 0.4) is 0 Å². The van der Waals surface area contributed by atoms with Crippen LogP contribution in [0.4, 0.5) is 8.28 Å². The monoisotopic (exact) mass is 266 g/mol. The standard InChI is InChI=1S/C9H12F2O3SSi/c1-16(2,3)14-8-4-7(10)5-9(6-8)15(11,12)13/h4-6H,1-3H3. The van der Waals surface area contributed by atoms with Crippen LogP contribution in [0.2, 0.25) is 19.6 Å². The van der Waals surface area contributed by atoms with Gasteiger partial charge in [-0.25, -0.2) is 4.39 Å². The molecule has 0 fully saturated rings. The summed E-state index contributed by atoms with van der Waals surface area (Å²) >= 11 is 0. The van der Waals surface area contributed by atoms with E-state index in [-0.39, 0.29) is 5.75 Å². The van der Waals surface area contributed by atoms with Crippen LogP contribution in [0.15, 0.2) is 23.1 Å². The van der Waals surface area contributed by atoms with Gasteiger partial charge in [-0.15, -0.1) is 3.89 Å². The van der Waals surface area contributed by atoms with E-state index in [0.717, 1.165) is 12.1 Å². The van der Waals surface area contributed by atoms with Crippen LogP contribution in [0.1, 0.15) is 0 Å². The first kappa shape index (κ1) is 13.1. The lowest BCUT2D eigenvalue weighted by molar-refractivity contribution is 0.530. The van der Waals surface area contributed by atoms with Gasteiger partial charge in [0.1, 0.15) is 16.5 Å². The van der Waals surface area contributed by atoms with Crippen LogP contribution in [-0.4, -0.2) is 16.7 Å². The van der Waals surface area contributed by atoms with E-state index >= 15 is 0 Å². The van der Waals surface area contributed by atoms with Gasteiger partial charge < -0.3 is 4.43 Å². The van der Waals surface area contributed by atoms with Crippen LogP contribution in [0, 0.1) is 5.82 Å². The average Bonchev–Trinajstić information content (AvgIpc) is 1.97. The van der Waals surface area contributed by atoms with Gasteiger partial charge in [0.05, 0.1) is 0 Å². The molecule has 0 aliphatic heterocycles. The number of hydrogen-bond acceptors (Lipinski definition) is 3. The predicted octanol–water partition coefficient (Wildman–Crippen LogP) is 2.70. The molecule has 3 nitrogen and oxygen atoms in total. The summed E-state index contributed by atoms with van der Waals surface area (Å²) in [6.45, 7) is 5.55. The van der Waals surface area contributed by atoms with Gasteiger partial charge in [0.2, 0.25) is 8.32 Å². The summed E-state index contributed by atoms with van der Waals surface area (Å²) < 4.78 is 52.3. The fourth-order valence-corrected chi connectivity index (χ4v) is 2.43. The van der Waals surface area contributed by atoms with E-state index in [9.17, 15) is 16.7 Å². The first-order valence-electron chi connectivity index (χ1n) is 4.52. The second-order valence-corrected chi connectivity index (χ2v) is 10.1. The van der Waals surface area contributed by atoms with Crippen LogP contribution in [0.5, 0.6) is 5.75 Å². The molecule has 0 aromatic heterocycles. The van der Waals surface area contributed by atoms with E-state index in [4.69, 9.17) is 4.43 Å². The topological polar surface area (TPSA) is 43.4 Å². The Bertz CT molecular complexity index is 494. The Balaban J connectivity index is 3.19. The molecular formula is C9H12F2O3SSi. The Morgan fingerprint density at radius 2 is 1.75 bits per heavy atom. The van der Waals surface area contributed by atoms with Crippen LogP contribution < -0.4 is 4.43 Å². The summed E-state index contributed by atoms with van der Waals surface area (Å²) in [7, 11) is -6.89. The fourth-order valence-electron chi connectivity index (χ4n) is 1.09. The van der Waals surface area contributed by atoms with Gasteiger partial charge in [0, 0.05) is 12.1 Å². The molecular weight excluding hydrogens is 254 g/mol. The fraction of sp³-hybridized carbons (Fsp3) is 0.333. The maximum absolute atomic E-state index is 13.0. The molecule has 0 aliphatic rings. The molecule has 1 rings (SSSR count). The van der Waals surface area contributed by atoms with Gasteiger partial charge in [0.25, 0.3) is 0 Å². The van der Waals surface area contributed by atoms with Crippen molar-refractivity contribution in [1.29, 1.82) is 0 Å². The molecule has 16 heavy (non-hydrogen) atoms. The number of halogens is 2. The Morgan fingerprint density at radius 3 is 2.19 bits per heavy atom. The molecule has 90 valence electrons. The Morgan fingerprint density at radius 1 is 1.19 bits per heavy atom. The zero-order valence-electron chi connectivity index (χ0n) is 9.12. The Hall–Kier alpha value is -0.953. The summed E-state index contributed by atoms with van der Waals surface area (Å²) in [5.74, 6) is -0.803. The lowest BCUT2D eigenvalue weighted by Gasteiger charge is -2.19. The Kier molecular flexibility index (Phi) is 3.39. The van der Waals surface area contributed by atoms with Crippen molar-refractivity contribution in [2.75, 3.05) is 0 Å². The lowest BCUT2D eigenvalue weighted by atomic mass is 10.3. The van der Waals surface area contributed by atoms with Gasteiger partial charge in [-0.3, -0.25) is 0 Å². The van der Waals surface area contributed by atoms with Crippen molar-refractivity contribution >= 4 is 18.5 Å². The second-order valence-electron chi connectivity index (χ2n) is 4.27. The largest absolute Gasteiger partial charge is 0.544 e. The highest BCUT2D eigenvalue weighted by Crippen LogP contribution is 2.23. The van der Waals surface area contributed by atoms with E-state index in [1.54, 1.807) is 0 Å².